The van der Waals surface area contributed by atoms with Crippen LogP contribution in [0.3, 0.4) is 0 Å². The van der Waals surface area contributed by atoms with E-state index in [2.05, 4.69) is 205 Å². The molecule has 9 aromatic carbocycles. The molecule has 244 valence electrons. The maximum absolute atomic E-state index is 6.52. The van der Waals surface area contributed by atoms with Gasteiger partial charge in [0.15, 0.2) is 0 Å². The first-order chi connectivity index (χ1) is 25.8. The van der Waals surface area contributed by atoms with E-state index in [-0.39, 0.29) is 0 Å². The Kier molecular flexibility index (Phi) is 7.18. The fourth-order valence-corrected chi connectivity index (χ4v) is 7.69. The van der Waals surface area contributed by atoms with Crippen molar-refractivity contribution in [2.24, 2.45) is 0 Å². The van der Waals surface area contributed by atoms with Crippen LogP contribution < -0.4 is 4.90 Å². The SMILES string of the molecule is c1ccc(-c2ccc(N(c3ccc(-c4ccccc4)cc3)c3ccc4oc5cccc(-c6ccc7c(ccc8ccccc87)c6)c5c4c3)cc2)cc1. The summed E-state index contributed by atoms with van der Waals surface area (Å²) in [6.45, 7) is 0. The van der Waals surface area contributed by atoms with Crippen molar-refractivity contribution in [3.63, 3.8) is 0 Å². The lowest BCUT2D eigenvalue weighted by atomic mass is 9.95. The molecule has 10 rings (SSSR count). The zero-order valence-electron chi connectivity index (χ0n) is 28.4. The first-order valence-electron chi connectivity index (χ1n) is 17.8. The average molecular weight is 664 g/mol. The van der Waals surface area contributed by atoms with E-state index in [1.165, 1.54) is 49.4 Å². The summed E-state index contributed by atoms with van der Waals surface area (Å²) in [5, 5.41) is 7.24. The van der Waals surface area contributed by atoms with Crippen LogP contribution >= 0.6 is 0 Å². The second-order valence-corrected chi connectivity index (χ2v) is 13.3. The summed E-state index contributed by atoms with van der Waals surface area (Å²) in [5.41, 5.74) is 12.1. The summed E-state index contributed by atoms with van der Waals surface area (Å²) >= 11 is 0. The monoisotopic (exact) mass is 663 g/mol. The number of hydrogen-bond acceptors (Lipinski definition) is 2. The molecule has 0 spiro atoms. The molecule has 0 fully saturated rings. The van der Waals surface area contributed by atoms with Crippen molar-refractivity contribution in [2.45, 2.75) is 0 Å². The Hall–Kier alpha value is -6.90. The van der Waals surface area contributed by atoms with Crippen molar-refractivity contribution in [3.05, 3.63) is 200 Å². The number of nitrogens with zero attached hydrogens (tertiary/aromatic N) is 1. The Balaban J connectivity index is 1.12. The van der Waals surface area contributed by atoms with E-state index in [4.69, 9.17) is 4.42 Å². The van der Waals surface area contributed by atoms with Gasteiger partial charge in [0.1, 0.15) is 11.2 Å². The standard InChI is InChI=1S/C50H33NO/c1-3-10-34(11-4-1)36-20-25-41(26-21-36)51(42-27-22-37(23-28-42)35-12-5-2-6-13-35)43-29-31-48-47(33-43)50-46(16-9-17-49(50)52-48)40-24-30-45-39(32-40)19-18-38-14-7-8-15-44(38)45/h1-33H. The molecule has 0 bridgehead atoms. The molecule has 0 aliphatic carbocycles. The van der Waals surface area contributed by atoms with Gasteiger partial charge in [0.25, 0.3) is 0 Å². The molecule has 0 radical (unpaired) electrons. The van der Waals surface area contributed by atoms with Crippen LogP contribution in [0, 0.1) is 0 Å². The molecule has 1 heterocycles. The third-order valence-corrected chi connectivity index (χ3v) is 10.3. The third-order valence-electron chi connectivity index (χ3n) is 10.3. The van der Waals surface area contributed by atoms with Crippen molar-refractivity contribution < 1.29 is 4.42 Å². The maximum atomic E-state index is 6.52. The van der Waals surface area contributed by atoms with E-state index >= 15 is 0 Å². The minimum atomic E-state index is 0.872. The number of anilines is 3. The first-order valence-corrected chi connectivity index (χ1v) is 17.8. The van der Waals surface area contributed by atoms with Crippen LogP contribution in [0.1, 0.15) is 0 Å². The van der Waals surface area contributed by atoms with Gasteiger partial charge < -0.3 is 9.32 Å². The molecule has 0 N–H and O–H groups in total. The summed E-state index contributed by atoms with van der Waals surface area (Å²) in [6.07, 6.45) is 0. The third kappa shape index (κ3) is 5.21. The molecule has 52 heavy (non-hydrogen) atoms. The van der Waals surface area contributed by atoms with E-state index < -0.39 is 0 Å². The maximum Gasteiger partial charge on any atom is 0.136 e. The fraction of sp³-hybridized carbons (Fsp3) is 0. The van der Waals surface area contributed by atoms with E-state index in [0.717, 1.165) is 44.6 Å². The van der Waals surface area contributed by atoms with Gasteiger partial charge >= 0.3 is 0 Å². The van der Waals surface area contributed by atoms with Crippen LogP contribution in [0.5, 0.6) is 0 Å². The molecule has 2 nitrogen and oxygen atoms in total. The van der Waals surface area contributed by atoms with Crippen molar-refractivity contribution >= 4 is 60.5 Å². The number of furan rings is 1. The summed E-state index contributed by atoms with van der Waals surface area (Å²) in [5.74, 6) is 0. The molecule has 0 saturated carbocycles. The Morgan fingerprint density at radius 1 is 0.308 bits per heavy atom. The quantitative estimate of drug-likeness (QED) is 0.165. The molecular weight excluding hydrogens is 631 g/mol. The molecule has 0 atom stereocenters. The lowest BCUT2D eigenvalue weighted by molar-refractivity contribution is 0.669. The lowest BCUT2D eigenvalue weighted by Crippen LogP contribution is -2.09. The van der Waals surface area contributed by atoms with Gasteiger partial charge in [-0.15, -0.1) is 0 Å². The molecule has 0 amide bonds. The second-order valence-electron chi connectivity index (χ2n) is 13.3. The van der Waals surface area contributed by atoms with Crippen LogP contribution in [-0.2, 0) is 0 Å². The molecule has 0 saturated heterocycles. The van der Waals surface area contributed by atoms with Gasteiger partial charge in [-0.2, -0.15) is 0 Å². The highest BCUT2D eigenvalue weighted by Crippen LogP contribution is 2.43. The Bertz CT molecular complexity index is 2790. The molecule has 0 unspecified atom stereocenters. The number of hydrogen-bond donors (Lipinski definition) is 0. The van der Waals surface area contributed by atoms with Gasteiger partial charge in [0.05, 0.1) is 0 Å². The van der Waals surface area contributed by atoms with Crippen LogP contribution in [0.4, 0.5) is 17.1 Å². The zero-order chi connectivity index (χ0) is 34.4. The number of fused-ring (bicyclic) bond motifs is 6. The molecule has 10 aromatic rings. The van der Waals surface area contributed by atoms with Crippen molar-refractivity contribution in [3.8, 4) is 33.4 Å². The van der Waals surface area contributed by atoms with Crippen molar-refractivity contribution in [1.82, 2.24) is 0 Å². The Morgan fingerprint density at radius 3 is 1.56 bits per heavy atom. The van der Waals surface area contributed by atoms with Crippen LogP contribution in [-0.4, -0.2) is 0 Å². The summed E-state index contributed by atoms with van der Waals surface area (Å²) in [4.78, 5) is 2.34. The van der Waals surface area contributed by atoms with Gasteiger partial charge in [-0.25, -0.2) is 0 Å². The molecule has 0 aliphatic rings. The van der Waals surface area contributed by atoms with Gasteiger partial charge in [-0.1, -0.05) is 146 Å². The number of rotatable bonds is 6. The highest BCUT2D eigenvalue weighted by Gasteiger charge is 2.18. The van der Waals surface area contributed by atoms with Crippen LogP contribution in [0.2, 0.25) is 0 Å². The summed E-state index contributed by atoms with van der Waals surface area (Å²) in [6, 6.07) is 71.6. The highest BCUT2D eigenvalue weighted by atomic mass is 16.3. The van der Waals surface area contributed by atoms with E-state index in [9.17, 15) is 0 Å². The Labute approximate surface area is 302 Å². The summed E-state index contributed by atoms with van der Waals surface area (Å²) in [7, 11) is 0. The normalized spacial score (nSPS) is 11.5. The first kappa shape index (κ1) is 30.0. The molecule has 1 aromatic heterocycles. The topological polar surface area (TPSA) is 16.4 Å². The zero-order valence-corrected chi connectivity index (χ0v) is 28.4. The van der Waals surface area contributed by atoms with Gasteiger partial charge in [0, 0.05) is 27.8 Å². The van der Waals surface area contributed by atoms with Crippen molar-refractivity contribution in [1.29, 1.82) is 0 Å². The molecular formula is C50H33NO. The highest BCUT2D eigenvalue weighted by molar-refractivity contribution is 6.15. The average Bonchev–Trinajstić information content (AvgIpc) is 3.60. The van der Waals surface area contributed by atoms with E-state index in [1.807, 2.05) is 0 Å². The smallest absolute Gasteiger partial charge is 0.136 e. The minimum absolute atomic E-state index is 0.872. The summed E-state index contributed by atoms with van der Waals surface area (Å²) < 4.78 is 6.52. The number of benzene rings is 9. The largest absolute Gasteiger partial charge is 0.456 e. The fourth-order valence-electron chi connectivity index (χ4n) is 7.69. The van der Waals surface area contributed by atoms with E-state index in [0.29, 0.717) is 0 Å². The Morgan fingerprint density at radius 2 is 0.865 bits per heavy atom. The van der Waals surface area contributed by atoms with Gasteiger partial charge in [0.2, 0.25) is 0 Å². The lowest BCUT2D eigenvalue weighted by Gasteiger charge is -2.26. The molecule has 0 aliphatic heterocycles. The molecule has 2 heteroatoms. The van der Waals surface area contributed by atoms with Crippen LogP contribution in [0.15, 0.2) is 205 Å². The minimum Gasteiger partial charge on any atom is -0.456 e. The van der Waals surface area contributed by atoms with Crippen LogP contribution in [0.25, 0.3) is 76.9 Å². The predicted octanol–water partition coefficient (Wildman–Crippen LogP) is 14.4. The predicted molar refractivity (Wildman–Crippen MR) is 220 cm³/mol. The van der Waals surface area contributed by atoms with E-state index in [1.54, 1.807) is 0 Å². The second kappa shape index (κ2) is 12.5. The van der Waals surface area contributed by atoms with Gasteiger partial charge in [-0.05, 0) is 110 Å². The van der Waals surface area contributed by atoms with Gasteiger partial charge in [-0.3, -0.25) is 0 Å². The van der Waals surface area contributed by atoms with Crippen molar-refractivity contribution in [2.75, 3.05) is 4.90 Å².